The largest absolute Gasteiger partial charge is 0.496 e. The summed E-state index contributed by atoms with van der Waals surface area (Å²) in [7, 11) is 3.11. The van der Waals surface area contributed by atoms with Gasteiger partial charge in [0.1, 0.15) is 11.5 Å². The zero-order chi connectivity index (χ0) is 14.4. The average molecular weight is 332 g/mol. The highest BCUT2D eigenvalue weighted by Gasteiger charge is 2.19. The van der Waals surface area contributed by atoms with Gasteiger partial charge in [0.2, 0.25) is 0 Å². The van der Waals surface area contributed by atoms with Gasteiger partial charge in [0.25, 0.3) is 0 Å². The number of esters is 1. The van der Waals surface area contributed by atoms with Crippen LogP contribution >= 0.6 is 15.9 Å². The molecule has 0 aromatic heterocycles. The van der Waals surface area contributed by atoms with Gasteiger partial charge in [0.05, 0.1) is 31.7 Å². The molecular formula is C13H18BrNO4. The molecule has 2 N–H and O–H groups in total. The van der Waals surface area contributed by atoms with Crippen LogP contribution in [0.1, 0.15) is 24.9 Å². The van der Waals surface area contributed by atoms with Crippen molar-refractivity contribution in [2.45, 2.75) is 19.4 Å². The van der Waals surface area contributed by atoms with E-state index < -0.39 is 6.04 Å². The minimum atomic E-state index is -0.504. The number of hydrogen-bond donors (Lipinski definition) is 1. The molecule has 0 spiro atoms. The van der Waals surface area contributed by atoms with E-state index in [0.29, 0.717) is 23.7 Å². The van der Waals surface area contributed by atoms with Crippen molar-refractivity contribution >= 4 is 21.9 Å². The lowest BCUT2D eigenvalue weighted by Gasteiger charge is -2.17. The molecule has 0 saturated carbocycles. The molecule has 0 radical (unpaired) electrons. The molecule has 106 valence electrons. The summed E-state index contributed by atoms with van der Waals surface area (Å²) in [6.07, 6.45) is 0.0922. The first-order chi connectivity index (χ1) is 9.03. The molecule has 0 aliphatic carbocycles. The third-order valence-corrected chi connectivity index (χ3v) is 3.22. The summed E-state index contributed by atoms with van der Waals surface area (Å²) in [6.45, 7) is 2.10. The smallest absolute Gasteiger partial charge is 0.307 e. The van der Waals surface area contributed by atoms with Gasteiger partial charge in [-0.15, -0.1) is 0 Å². The van der Waals surface area contributed by atoms with Gasteiger partial charge < -0.3 is 19.9 Å². The van der Waals surface area contributed by atoms with Gasteiger partial charge in [-0.3, -0.25) is 4.79 Å². The summed E-state index contributed by atoms with van der Waals surface area (Å²) < 4.78 is 16.1. The van der Waals surface area contributed by atoms with E-state index in [2.05, 4.69) is 15.9 Å². The van der Waals surface area contributed by atoms with Crippen molar-refractivity contribution in [1.82, 2.24) is 0 Å². The Kier molecular flexibility index (Phi) is 6.11. The molecular weight excluding hydrogens is 314 g/mol. The SMILES string of the molecule is CCOC(=O)C[C@H](N)c1cc(OC)c(Br)cc1OC. The minimum Gasteiger partial charge on any atom is -0.496 e. The Bertz CT molecular complexity index is 451. The molecule has 6 heteroatoms. The van der Waals surface area contributed by atoms with E-state index in [1.807, 2.05) is 0 Å². The van der Waals surface area contributed by atoms with Gasteiger partial charge in [0, 0.05) is 11.6 Å². The van der Waals surface area contributed by atoms with Crippen LogP contribution in [0.3, 0.4) is 0 Å². The van der Waals surface area contributed by atoms with E-state index in [-0.39, 0.29) is 12.4 Å². The van der Waals surface area contributed by atoms with Crippen molar-refractivity contribution in [3.63, 3.8) is 0 Å². The van der Waals surface area contributed by atoms with Gasteiger partial charge in [-0.2, -0.15) is 0 Å². The standard InChI is InChI=1S/C13H18BrNO4/c1-4-19-13(16)7-10(15)8-5-12(18-3)9(14)6-11(8)17-2/h5-6,10H,4,7,15H2,1-3H3/t10-/m0/s1. The Morgan fingerprint density at radius 1 is 1.32 bits per heavy atom. The minimum absolute atomic E-state index is 0.0922. The first-order valence-electron chi connectivity index (χ1n) is 5.86. The lowest BCUT2D eigenvalue weighted by molar-refractivity contribution is -0.143. The summed E-state index contributed by atoms with van der Waals surface area (Å²) in [5, 5.41) is 0. The predicted molar refractivity (Wildman–Crippen MR) is 75.4 cm³/mol. The van der Waals surface area contributed by atoms with Gasteiger partial charge in [-0.25, -0.2) is 0 Å². The summed E-state index contributed by atoms with van der Waals surface area (Å²) in [5.41, 5.74) is 6.73. The number of ether oxygens (including phenoxy) is 3. The Morgan fingerprint density at radius 3 is 2.47 bits per heavy atom. The third-order valence-electron chi connectivity index (χ3n) is 2.60. The second kappa shape index (κ2) is 7.35. The van der Waals surface area contributed by atoms with Crippen molar-refractivity contribution in [3.8, 4) is 11.5 Å². The van der Waals surface area contributed by atoms with Crippen molar-refractivity contribution < 1.29 is 19.0 Å². The van der Waals surface area contributed by atoms with E-state index in [1.165, 1.54) is 0 Å². The second-order valence-electron chi connectivity index (χ2n) is 3.84. The topological polar surface area (TPSA) is 70.8 Å². The highest BCUT2D eigenvalue weighted by Crippen LogP contribution is 2.36. The van der Waals surface area contributed by atoms with E-state index in [0.717, 1.165) is 4.47 Å². The van der Waals surface area contributed by atoms with E-state index >= 15 is 0 Å². The Balaban J connectivity index is 3.00. The van der Waals surface area contributed by atoms with Crippen LogP contribution in [0.4, 0.5) is 0 Å². The number of carbonyl (C=O) groups is 1. The van der Waals surface area contributed by atoms with Crippen LogP contribution < -0.4 is 15.2 Å². The number of methoxy groups -OCH3 is 2. The maximum Gasteiger partial charge on any atom is 0.307 e. The number of benzene rings is 1. The first kappa shape index (κ1) is 15.8. The molecule has 5 nitrogen and oxygen atoms in total. The molecule has 0 aliphatic rings. The predicted octanol–water partition coefficient (Wildman–Crippen LogP) is 2.42. The number of hydrogen-bond acceptors (Lipinski definition) is 5. The molecule has 19 heavy (non-hydrogen) atoms. The third kappa shape index (κ3) is 4.11. The van der Waals surface area contributed by atoms with Crippen LogP contribution in [0.5, 0.6) is 11.5 Å². The van der Waals surface area contributed by atoms with Gasteiger partial charge >= 0.3 is 5.97 Å². The molecule has 0 amide bonds. The Morgan fingerprint density at radius 2 is 1.95 bits per heavy atom. The second-order valence-corrected chi connectivity index (χ2v) is 4.70. The molecule has 1 rings (SSSR count). The fourth-order valence-corrected chi connectivity index (χ4v) is 2.17. The van der Waals surface area contributed by atoms with Crippen LogP contribution in [0.25, 0.3) is 0 Å². The van der Waals surface area contributed by atoms with Gasteiger partial charge in [0.15, 0.2) is 0 Å². The Hall–Kier alpha value is -1.27. The maximum atomic E-state index is 11.5. The quantitative estimate of drug-likeness (QED) is 0.810. The van der Waals surface area contributed by atoms with Crippen LogP contribution in [0, 0.1) is 0 Å². The van der Waals surface area contributed by atoms with Gasteiger partial charge in [-0.1, -0.05) is 0 Å². The number of nitrogens with two attached hydrogens (primary N) is 1. The molecule has 1 aromatic rings. The molecule has 1 atom stereocenters. The fourth-order valence-electron chi connectivity index (χ4n) is 1.68. The Labute approximate surface area is 121 Å². The van der Waals surface area contributed by atoms with Crippen molar-refractivity contribution in [2.75, 3.05) is 20.8 Å². The normalized spacial score (nSPS) is 11.8. The molecule has 0 saturated heterocycles. The molecule has 0 bridgehead atoms. The average Bonchev–Trinajstić information content (AvgIpc) is 2.38. The molecule has 0 fully saturated rings. The van der Waals surface area contributed by atoms with Crippen molar-refractivity contribution in [3.05, 3.63) is 22.2 Å². The monoisotopic (exact) mass is 331 g/mol. The van der Waals surface area contributed by atoms with Crippen LogP contribution in [-0.2, 0) is 9.53 Å². The molecule has 0 unspecified atom stereocenters. The molecule has 0 heterocycles. The fraction of sp³-hybridized carbons (Fsp3) is 0.462. The summed E-state index contributed by atoms with van der Waals surface area (Å²) in [6, 6.07) is 3.02. The summed E-state index contributed by atoms with van der Waals surface area (Å²) in [4.78, 5) is 11.5. The van der Waals surface area contributed by atoms with Gasteiger partial charge in [-0.05, 0) is 35.0 Å². The lowest BCUT2D eigenvalue weighted by Crippen LogP contribution is -2.18. The number of halogens is 1. The van der Waals surface area contributed by atoms with Crippen molar-refractivity contribution in [1.29, 1.82) is 0 Å². The van der Waals surface area contributed by atoms with E-state index in [1.54, 1.807) is 33.3 Å². The van der Waals surface area contributed by atoms with Crippen LogP contribution in [0.15, 0.2) is 16.6 Å². The van der Waals surface area contributed by atoms with E-state index in [4.69, 9.17) is 19.9 Å². The lowest BCUT2D eigenvalue weighted by atomic mass is 10.0. The number of rotatable bonds is 6. The summed E-state index contributed by atoms with van der Waals surface area (Å²) in [5.74, 6) is 0.901. The van der Waals surface area contributed by atoms with Crippen LogP contribution in [-0.4, -0.2) is 26.8 Å². The maximum absolute atomic E-state index is 11.5. The molecule has 1 aromatic carbocycles. The van der Waals surface area contributed by atoms with E-state index in [9.17, 15) is 4.79 Å². The van der Waals surface area contributed by atoms with Crippen LogP contribution in [0.2, 0.25) is 0 Å². The molecule has 0 aliphatic heterocycles. The number of carbonyl (C=O) groups excluding carboxylic acids is 1. The highest BCUT2D eigenvalue weighted by molar-refractivity contribution is 9.10. The van der Waals surface area contributed by atoms with Crippen molar-refractivity contribution in [2.24, 2.45) is 5.73 Å². The highest BCUT2D eigenvalue weighted by atomic mass is 79.9. The zero-order valence-electron chi connectivity index (χ0n) is 11.2. The zero-order valence-corrected chi connectivity index (χ0v) is 12.8. The summed E-state index contributed by atoms with van der Waals surface area (Å²) >= 11 is 3.37. The first-order valence-corrected chi connectivity index (χ1v) is 6.65.